The van der Waals surface area contributed by atoms with Gasteiger partial charge in [-0.25, -0.2) is 13.2 Å². The maximum Gasteiger partial charge on any atom is 0.266 e. The molecule has 1 aromatic heterocycles. The number of carbonyl (C=O) groups excluding carboxylic acids is 2. The number of amides is 2. The number of alkyl halides is 2. The number of nitrogens with one attached hydrogen (secondary N) is 1. The van der Waals surface area contributed by atoms with Crippen LogP contribution in [0.4, 0.5) is 18.9 Å². The van der Waals surface area contributed by atoms with Gasteiger partial charge in [-0.05, 0) is 59.7 Å². The molecule has 1 aliphatic rings. The Bertz CT molecular complexity index is 1270. The summed E-state index contributed by atoms with van der Waals surface area (Å²) in [7, 11) is 0. The van der Waals surface area contributed by atoms with E-state index in [1.54, 1.807) is 24.3 Å². The predicted octanol–water partition coefficient (Wildman–Crippen LogP) is 4.50. The quantitative estimate of drug-likeness (QED) is 0.616. The third kappa shape index (κ3) is 5.23. The number of piperidine rings is 1. The van der Waals surface area contributed by atoms with Crippen LogP contribution in [0.25, 0.3) is 11.1 Å². The molecule has 2 heterocycles. The number of anilines is 1. The van der Waals surface area contributed by atoms with Crippen molar-refractivity contribution < 1.29 is 22.8 Å². The number of aromatic nitrogens is 1. The summed E-state index contributed by atoms with van der Waals surface area (Å²) in [6.45, 7) is -1.13. The lowest BCUT2D eigenvalue weighted by molar-refractivity contribution is -0.130. The van der Waals surface area contributed by atoms with E-state index in [1.807, 2.05) is 6.07 Å². The van der Waals surface area contributed by atoms with Gasteiger partial charge in [-0.1, -0.05) is 6.07 Å². The van der Waals surface area contributed by atoms with Crippen molar-refractivity contribution in [3.05, 3.63) is 83.9 Å². The van der Waals surface area contributed by atoms with Crippen molar-refractivity contribution in [3.8, 4) is 17.2 Å². The first kappa shape index (κ1) is 23.0. The Morgan fingerprint density at radius 3 is 2.59 bits per heavy atom. The van der Waals surface area contributed by atoms with Crippen LogP contribution < -0.4 is 5.32 Å². The van der Waals surface area contributed by atoms with Crippen LogP contribution in [0, 0.1) is 23.1 Å². The van der Waals surface area contributed by atoms with E-state index in [1.165, 1.54) is 36.7 Å². The van der Waals surface area contributed by atoms with E-state index in [9.17, 15) is 22.8 Å². The van der Waals surface area contributed by atoms with Gasteiger partial charge in [-0.15, -0.1) is 0 Å². The molecule has 1 aliphatic heterocycles. The number of benzene rings is 2. The SMILES string of the molecule is N#Cc1cccc(NC(=O)C2CN(C(=O)c3cc(F)cc(-c4ccncc4)c3)CC(F)(F)C2)c1. The third-order valence-electron chi connectivity index (χ3n) is 5.48. The second-order valence-electron chi connectivity index (χ2n) is 8.09. The largest absolute Gasteiger partial charge is 0.332 e. The minimum absolute atomic E-state index is 0.0922. The van der Waals surface area contributed by atoms with Crippen LogP contribution in [0.15, 0.2) is 67.0 Å². The Morgan fingerprint density at radius 2 is 1.85 bits per heavy atom. The molecule has 34 heavy (non-hydrogen) atoms. The molecular weight excluding hydrogens is 445 g/mol. The molecule has 172 valence electrons. The Kier molecular flexibility index (Phi) is 6.32. The van der Waals surface area contributed by atoms with Gasteiger partial charge >= 0.3 is 0 Å². The van der Waals surface area contributed by atoms with Gasteiger partial charge in [0, 0.05) is 36.6 Å². The van der Waals surface area contributed by atoms with Gasteiger partial charge in [0.1, 0.15) is 5.82 Å². The molecule has 1 N–H and O–H groups in total. The lowest BCUT2D eigenvalue weighted by Crippen LogP contribution is -2.52. The molecule has 1 atom stereocenters. The summed E-state index contributed by atoms with van der Waals surface area (Å²) in [6.07, 6.45) is 2.30. The second-order valence-corrected chi connectivity index (χ2v) is 8.09. The summed E-state index contributed by atoms with van der Waals surface area (Å²) in [5.74, 6) is -6.66. The smallest absolute Gasteiger partial charge is 0.266 e. The summed E-state index contributed by atoms with van der Waals surface area (Å²) in [6, 6.07) is 14.9. The van der Waals surface area contributed by atoms with Crippen molar-refractivity contribution in [1.29, 1.82) is 5.26 Å². The molecule has 0 saturated carbocycles. The van der Waals surface area contributed by atoms with Gasteiger partial charge < -0.3 is 10.2 Å². The number of hydrogen-bond donors (Lipinski definition) is 1. The van der Waals surface area contributed by atoms with Crippen LogP contribution in [0.5, 0.6) is 0 Å². The van der Waals surface area contributed by atoms with Crippen LogP contribution >= 0.6 is 0 Å². The van der Waals surface area contributed by atoms with Crippen LogP contribution in [0.2, 0.25) is 0 Å². The molecule has 4 rings (SSSR count). The van der Waals surface area contributed by atoms with Gasteiger partial charge in [-0.3, -0.25) is 14.6 Å². The van der Waals surface area contributed by atoms with E-state index in [0.29, 0.717) is 22.4 Å². The molecule has 1 fully saturated rings. The zero-order valence-electron chi connectivity index (χ0n) is 17.8. The Morgan fingerprint density at radius 1 is 1.09 bits per heavy atom. The van der Waals surface area contributed by atoms with Crippen molar-refractivity contribution in [1.82, 2.24) is 9.88 Å². The Hall–Kier alpha value is -4.19. The van der Waals surface area contributed by atoms with Crippen LogP contribution in [0.3, 0.4) is 0 Å². The number of carbonyl (C=O) groups is 2. The molecule has 2 amide bonds. The lowest BCUT2D eigenvalue weighted by Gasteiger charge is -2.37. The van der Waals surface area contributed by atoms with Crippen LogP contribution in [-0.2, 0) is 4.79 Å². The van der Waals surface area contributed by atoms with E-state index >= 15 is 0 Å². The standard InChI is InChI=1S/C25H19F3N4O2/c26-21-10-18(17-4-6-30-7-5-17)9-19(11-21)24(34)32-14-20(12-25(27,28)15-32)23(33)31-22-3-1-2-16(8-22)13-29/h1-11,20H,12,14-15H2,(H,31,33). The number of hydrogen-bond acceptors (Lipinski definition) is 4. The van der Waals surface area contributed by atoms with Gasteiger partial charge in [-0.2, -0.15) is 5.26 Å². The summed E-state index contributed by atoms with van der Waals surface area (Å²) >= 11 is 0. The number of nitrogens with zero attached hydrogens (tertiary/aromatic N) is 3. The van der Waals surface area contributed by atoms with Crippen molar-refractivity contribution >= 4 is 17.5 Å². The first-order valence-electron chi connectivity index (χ1n) is 10.4. The highest BCUT2D eigenvalue weighted by Crippen LogP contribution is 2.32. The molecule has 0 bridgehead atoms. The fraction of sp³-hybridized carbons (Fsp3) is 0.200. The van der Waals surface area contributed by atoms with E-state index in [2.05, 4.69) is 10.3 Å². The summed E-state index contributed by atoms with van der Waals surface area (Å²) < 4.78 is 43.3. The zero-order valence-corrected chi connectivity index (χ0v) is 17.8. The van der Waals surface area contributed by atoms with Crippen molar-refractivity contribution in [3.63, 3.8) is 0 Å². The van der Waals surface area contributed by atoms with Gasteiger partial charge in [0.15, 0.2) is 0 Å². The summed E-state index contributed by atoms with van der Waals surface area (Å²) in [4.78, 5) is 30.6. The van der Waals surface area contributed by atoms with E-state index in [-0.39, 0.29) is 12.1 Å². The molecule has 0 radical (unpaired) electrons. The lowest BCUT2D eigenvalue weighted by atomic mass is 9.93. The average Bonchev–Trinajstić information content (AvgIpc) is 2.82. The fourth-order valence-electron chi connectivity index (χ4n) is 3.95. The fourth-order valence-corrected chi connectivity index (χ4v) is 3.95. The van der Waals surface area contributed by atoms with Crippen LogP contribution in [-0.4, -0.2) is 40.7 Å². The minimum Gasteiger partial charge on any atom is -0.332 e. The van der Waals surface area contributed by atoms with E-state index < -0.39 is 42.4 Å². The first-order chi connectivity index (χ1) is 16.2. The highest BCUT2D eigenvalue weighted by atomic mass is 19.3. The summed E-state index contributed by atoms with van der Waals surface area (Å²) in [5.41, 5.74) is 1.53. The zero-order chi connectivity index (χ0) is 24.3. The summed E-state index contributed by atoms with van der Waals surface area (Å²) in [5, 5.41) is 11.5. The Balaban J connectivity index is 1.56. The first-order valence-corrected chi connectivity index (χ1v) is 10.4. The van der Waals surface area contributed by atoms with Crippen molar-refractivity contribution in [2.75, 3.05) is 18.4 Å². The topological polar surface area (TPSA) is 86.1 Å². The number of rotatable bonds is 4. The van der Waals surface area contributed by atoms with E-state index in [4.69, 9.17) is 5.26 Å². The van der Waals surface area contributed by atoms with Crippen LogP contribution in [0.1, 0.15) is 22.3 Å². The van der Waals surface area contributed by atoms with Gasteiger partial charge in [0.2, 0.25) is 5.91 Å². The highest BCUT2D eigenvalue weighted by Gasteiger charge is 2.44. The molecule has 3 aromatic rings. The number of nitriles is 1. The maximum absolute atomic E-state index is 14.5. The normalized spacial score (nSPS) is 17.0. The predicted molar refractivity (Wildman–Crippen MR) is 118 cm³/mol. The van der Waals surface area contributed by atoms with Gasteiger partial charge in [0.05, 0.1) is 24.1 Å². The Labute approximate surface area is 193 Å². The number of likely N-dealkylation sites (tertiary alicyclic amines) is 1. The van der Waals surface area contributed by atoms with E-state index in [0.717, 1.165) is 11.0 Å². The minimum atomic E-state index is -3.30. The molecule has 1 saturated heterocycles. The molecule has 0 aliphatic carbocycles. The van der Waals surface area contributed by atoms with Crippen molar-refractivity contribution in [2.24, 2.45) is 5.92 Å². The average molecular weight is 464 g/mol. The molecular formula is C25H19F3N4O2. The molecule has 1 unspecified atom stereocenters. The molecule has 6 nitrogen and oxygen atoms in total. The molecule has 2 aromatic carbocycles. The monoisotopic (exact) mass is 464 g/mol. The van der Waals surface area contributed by atoms with Gasteiger partial charge in [0.25, 0.3) is 11.8 Å². The number of pyridine rings is 1. The van der Waals surface area contributed by atoms with Crippen molar-refractivity contribution in [2.45, 2.75) is 12.3 Å². The maximum atomic E-state index is 14.5. The highest BCUT2D eigenvalue weighted by molar-refractivity contribution is 5.97. The second kappa shape index (κ2) is 9.35. The molecule has 0 spiro atoms. The molecule has 9 heteroatoms. The third-order valence-corrected chi connectivity index (χ3v) is 5.48. The number of halogens is 3.